The summed E-state index contributed by atoms with van der Waals surface area (Å²) in [6.07, 6.45) is 0.412. The number of hydrogen-bond acceptors (Lipinski definition) is 9. The molecule has 10 nitrogen and oxygen atoms in total. The standard InChI is InChI=1S/C31H49NO8.CH4O/c1-18(2)9-14-23(34)28(36)32-29(38-7)24-17-25(35)31(5,6)26(40-24)16-11-19(3)10-13-21-20(4)12-15-22(33)27(21)30(37)39-8;1-2/h12,15,19,23-26,29,33-35H,1,9-11,13-14,16-17H2,2-8H3,(H,32,36);2H,1H3/t19-,23-,24-,25+,26?,29-;/m0./s1. The second kappa shape index (κ2) is 17.6. The molecule has 1 fully saturated rings. The van der Waals surface area contributed by atoms with Gasteiger partial charge < -0.3 is 40.0 Å². The van der Waals surface area contributed by atoms with Crippen molar-refractivity contribution in [2.75, 3.05) is 21.3 Å². The molecule has 1 saturated heterocycles. The monoisotopic (exact) mass is 595 g/mol. The highest BCUT2D eigenvalue weighted by Crippen LogP contribution is 2.40. The van der Waals surface area contributed by atoms with Crippen LogP contribution in [-0.4, -0.2) is 84.3 Å². The summed E-state index contributed by atoms with van der Waals surface area (Å²) >= 11 is 0. The fourth-order valence-corrected chi connectivity index (χ4v) is 5.23. The lowest BCUT2D eigenvalue weighted by Crippen LogP contribution is -2.58. The first kappa shape index (κ1) is 37.5. The smallest absolute Gasteiger partial charge is 0.341 e. The highest BCUT2D eigenvalue weighted by molar-refractivity contribution is 5.94. The summed E-state index contributed by atoms with van der Waals surface area (Å²) in [5, 5.41) is 41.2. The molecule has 1 aliphatic heterocycles. The molecule has 1 unspecified atom stereocenters. The number of aryl methyl sites for hydroxylation is 1. The van der Waals surface area contributed by atoms with Crippen LogP contribution in [0.1, 0.15) is 87.7 Å². The highest BCUT2D eigenvalue weighted by atomic mass is 16.6. The first-order valence-corrected chi connectivity index (χ1v) is 14.6. The van der Waals surface area contributed by atoms with Gasteiger partial charge >= 0.3 is 5.97 Å². The van der Waals surface area contributed by atoms with E-state index in [1.165, 1.54) is 20.3 Å². The van der Waals surface area contributed by atoms with Gasteiger partial charge in [0.25, 0.3) is 5.91 Å². The van der Waals surface area contributed by atoms with Gasteiger partial charge in [-0.1, -0.05) is 32.4 Å². The second-order valence-corrected chi connectivity index (χ2v) is 11.9. The fourth-order valence-electron chi connectivity index (χ4n) is 5.23. The molecule has 1 aliphatic rings. The Balaban J connectivity index is 0.00000431. The third-order valence-electron chi connectivity index (χ3n) is 8.23. The number of carbonyl (C=O) groups is 2. The number of allylic oxidation sites excluding steroid dienone is 1. The number of hydrogen-bond donors (Lipinski definition) is 5. The van der Waals surface area contributed by atoms with Crippen LogP contribution >= 0.6 is 0 Å². The van der Waals surface area contributed by atoms with Gasteiger partial charge in [0, 0.05) is 26.1 Å². The van der Waals surface area contributed by atoms with Crippen LogP contribution in [0.25, 0.3) is 0 Å². The molecule has 0 radical (unpaired) electrons. The number of ether oxygens (including phenoxy) is 3. The minimum Gasteiger partial charge on any atom is -0.507 e. The van der Waals surface area contributed by atoms with Crippen LogP contribution in [0.3, 0.4) is 0 Å². The maximum absolute atomic E-state index is 12.6. The van der Waals surface area contributed by atoms with Gasteiger partial charge in [0.15, 0.2) is 6.23 Å². The van der Waals surface area contributed by atoms with E-state index in [2.05, 4.69) is 18.8 Å². The van der Waals surface area contributed by atoms with Gasteiger partial charge in [0.1, 0.15) is 23.5 Å². The van der Waals surface area contributed by atoms with Crippen LogP contribution in [0.5, 0.6) is 5.75 Å². The molecule has 42 heavy (non-hydrogen) atoms. The SMILES string of the molecule is C=C(C)CC[C@H](O)C(=O)N[C@@H](OC)[C@@H]1C[C@@H](O)C(C)(C)C(CC[C@@H](C)CCc2c(C)ccc(O)c2C(=O)OC)O1.CO. The van der Waals surface area contributed by atoms with Crippen molar-refractivity contribution in [1.82, 2.24) is 5.32 Å². The number of carbonyl (C=O) groups excluding carboxylic acids is 2. The summed E-state index contributed by atoms with van der Waals surface area (Å²) in [4.78, 5) is 24.8. The molecule has 0 aliphatic carbocycles. The number of aliphatic hydroxyl groups excluding tert-OH is 3. The van der Waals surface area contributed by atoms with E-state index in [4.69, 9.17) is 19.3 Å². The normalized spacial score (nSPS) is 21.7. The number of phenols is 1. The molecule has 5 N–H and O–H groups in total. The number of benzene rings is 1. The fraction of sp³-hybridized carbons (Fsp3) is 0.688. The average Bonchev–Trinajstić information content (AvgIpc) is 2.96. The van der Waals surface area contributed by atoms with Crippen molar-refractivity contribution in [3.05, 3.63) is 41.0 Å². The van der Waals surface area contributed by atoms with Crippen molar-refractivity contribution in [3.8, 4) is 5.75 Å². The molecule has 0 spiro atoms. The maximum Gasteiger partial charge on any atom is 0.341 e. The lowest BCUT2D eigenvalue weighted by molar-refractivity contribution is -0.210. The molecular weight excluding hydrogens is 542 g/mol. The van der Waals surface area contributed by atoms with E-state index in [0.29, 0.717) is 19.3 Å². The van der Waals surface area contributed by atoms with Crippen LogP contribution in [0.2, 0.25) is 0 Å². The molecule has 10 heteroatoms. The highest BCUT2D eigenvalue weighted by Gasteiger charge is 2.46. The lowest BCUT2D eigenvalue weighted by atomic mass is 9.73. The number of phenolic OH excluding ortho intramolecular Hbond substituents is 1. The Morgan fingerprint density at radius 3 is 2.40 bits per heavy atom. The lowest BCUT2D eigenvalue weighted by Gasteiger charge is -2.47. The summed E-state index contributed by atoms with van der Waals surface area (Å²) in [5.74, 6) is -0.912. The van der Waals surface area contributed by atoms with Crippen molar-refractivity contribution in [2.24, 2.45) is 11.3 Å². The van der Waals surface area contributed by atoms with Gasteiger partial charge in [-0.15, -0.1) is 6.58 Å². The number of esters is 1. The minimum absolute atomic E-state index is 0.0828. The number of rotatable bonds is 14. The Kier molecular flexibility index (Phi) is 15.7. The first-order chi connectivity index (χ1) is 19.7. The van der Waals surface area contributed by atoms with Gasteiger partial charge in [0.2, 0.25) is 0 Å². The van der Waals surface area contributed by atoms with Crippen LogP contribution in [0.15, 0.2) is 24.3 Å². The molecule has 1 aromatic rings. The minimum atomic E-state index is -1.19. The van der Waals surface area contributed by atoms with E-state index < -0.39 is 41.8 Å². The summed E-state index contributed by atoms with van der Waals surface area (Å²) < 4.78 is 16.8. The van der Waals surface area contributed by atoms with Crippen molar-refractivity contribution in [1.29, 1.82) is 0 Å². The molecule has 1 amide bonds. The van der Waals surface area contributed by atoms with Crippen LogP contribution in [0, 0.1) is 18.3 Å². The zero-order chi connectivity index (χ0) is 32.2. The molecular formula is C32H53NO9. The summed E-state index contributed by atoms with van der Waals surface area (Å²) in [7, 11) is 3.76. The Labute approximate surface area is 251 Å². The van der Waals surface area contributed by atoms with Crippen molar-refractivity contribution in [2.45, 2.75) is 110 Å². The number of aromatic hydroxyl groups is 1. The van der Waals surface area contributed by atoms with E-state index >= 15 is 0 Å². The first-order valence-electron chi connectivity index (χ1n) is 14.6. The summed E-state index contributed by atoms with van der Waals surface area (Å²) in [5.41, 5.74) is 2.29. The number of methoxy groups -OCH3 is 2. The maximum atomic E-state index is 12.6. The average molecular weight is 596 g/mol. The molecule has 0 bridgehead atoms. The predicted molar refractivity (Wildman–Crippen MR) is 161 cm³/mol. The molecule has 1 aromatic carbocycles. The van der Waals surface area contributed by atoms with Gasteiger partial charge in [-0.05, 0) is 75.5 Å². The molecule has 240 valence electrons. The van der Waals surface area contributed by atoms with E-state index in [1.54, 1.807) is 6.07 Å². The Morgan fingerprint density at radius 2 is 1.83 bits per heavy atom. The summed E-state index contributed by atoms with van der Waals surface area (Å²) in [6, 6.07) is 3.31. The van der Waals surface area contributed by atoms with E-state index in [1.807, 2.05) is 27.7 Å². The number of nitrogens with one attached hydrogen (secondary N) is 1. The van der Waals surface area contributed by atoms with Gasteiger partial charge in [-0.25, -0.2) is 4.79 Å². The van der Waals surface area contributed by atoms with Gasteiger partial charge in [-0.3, -0.25) is 4.79 Å². The van der Waals surface area contributed by atoms with E-state index in [-0.39, 0.29) is 36.2 Å². The molecule has 6 atom stereocenters. The largest absolute Gasteiger partial charge is 0.507 e. The van der Waals surface area contributed by atoms with Crippen LogP contribution in [-0.2, 0) is 25.4 Å². The van der Waals surface area contributed by atoms with Crippen LogP contribution < -0.4 is 5.32 Å². The van der Waals surface area contributed by atoms with E-state index in [0.717, 1.165) is 36.7 Å². The third-order valence-corrected chi connectivity index (χ3v) is 8.23. The number of amides is 1. The molecule has 0 saturated carbocycles. The van der Waals surface area contributed by atoms with Crippen molar-refractivity contribution < 1.29 is 44.2 Å². The molecule has 1 heterocycles. The molecule has 0 aromatic heterocycles. The zero-order valence-corrected chi connectivity index (χ0v) is 26.6. The quantitative estimate of drug-likeness (QED) is 0.123. The Bertz CT molecular complexity index is 1030. The summed E-state index contributed by atoms with van der Waals surface area (Å²) in [6.45, 7) is 13.6. The van der Waals surface area contributed by atoms with Gasteiger partial charge in [0.05, 0.1) is 19.3 Å². The van der Waals surface area contributed by atoms with Crippen molar-refractivity contribution in [3.63, 3.8) is 0 Å². The predicted octanol–water partition coefficient (Wildman–Crippen LogP) is 3.80. The van der Waals surface area contributed by atoms with Crippen molar-refractivity contribution >= 4 is 11.9 Å². The molecule has 2 rings (SSSR count). The second-order valence-electron chi connectivity index (χ2n) is 11.9. The zero-order valence-electron chi connectivity index (χ0n) is 26.6. The Hall–Kier alpha value is -2.50. The van der Waals surface area contributed by atoms with Gasteiger partial charge in [-0.2, -0.15) is 0 Å². The third kappa shape index (κ3) is 10.3. The number of aliphatic hydroxyl groups is 3. The van der Waals surface area contributed by atoms with Crippen LogP contribution in [0.4, 0.5) is 0 Å². The Morgan fingerprint density at radius 1 is 1.19 bits per heavy atom. The topological polar surface area (TPSA) is 155 Å². The van der Waals surface area contributed by atoms with E-state index in [9.17, 15) is 24.9 Å².